The van der Waals surface area contributed by atoms with Crippen LogP contribution in [0.4, 0.5) is 5.69 Å². The number of hydrogen-bond donors (Lipinski definition) is 1. The van der Waals surface area contributed by atoms with Crippen LogP contribution in [0.5, 0.6) is 0 Å². The first-order valence-corrected chi connectivity index (χ1v) is 12.3. The second-order valence-corrected chi connectivity index (χ2v) is 10.4. The van der Waals surface area contributed by atoms with Crippen molar-refractivity contribution in [3.8, 4) is 6.07 Å². The third kappa shape index (κ3) is 4.35. The molecule has 2 saturated carbocycles. The quantitative estimate of drug-likeness (QED) is 0.463. The Bertz CT molecular complexity index is 1310. The van der Waals surface area contributed by atoms with Crippen molar-refractivity contribution < 1.29 is 9.53 Å². The molecule has 1 N–H and O–H groups in total. The van der Waals surface area contributed by atoms with E-state index >= 15 is 0 Å². The van der Waals surface area contributed by atoms with Crippen LogP contribution in [0.2, 0.25) is 0 Å². The van der Waals surface area contributed by atoms with Gasteiger partial charge in [-0.25, -0.2) is 0 Å². The highest BCUT2D eigenvalue weighted by molar-refractivity contribution is 5.94. The standard InChI is InChI=1S/C30H31N3O2/c1-4-19-7-10-27-26(13-19)25(11-12-32-27)21-14-23-15-22(17-30(23,2)16-21)28(35-3)29(34)33-24-8-5-20(18-31)6-9-24/h4-13,21-23,28H,1,14-17H2,2-3H3,(H,33,34)/t21?,22-,23+,28?,30+/m1/s1. The number of aromatic nitrogens is 1. The van der Waals surface area contributed by atoms with Gasteiger partial charge >= 0.3 is 0 Å². The third-order valence-electron chi connectivity index (χ3n) is 8.28. The van der Waals surface area contributed by atoms with E-state index in [0.29, 0.717) is 23.1 Å². The number of carbonyl (C=O) groups excluding carboxylic acids is 1. The number of nitrogens with zero attached hydrogens (tertiary/aromatic N) is 2. The van der Waals surface area contributed by atoms with Crippen LogP contribution in [0.1, 0.15) is 55.2 Å². The van der Waals surface area contributed by atoms with Gasteiger partial charge in [-0.3, -0.25) is 9.78 Å². The Hall–Kier alpha value is -3.49. The molecule has 0 saturated heterocycles. The van der Waals surface area contributed by atoms with Crippen molar-refractivity contribution in [1.82, 2.24) is 4.98 Å². The van der Waals surface area contributed by atoms with Gasteiger partial charge in [-0.05, 0) is 102 Å². The van der Waals surface area contributed by atoms with Crippen LogP contribution in [0.25, 0.3) is 17.0 Å². The first kappa shape index (κ1) is 23.3. The average molecular weight is 466 g/mol. The van der Waals surface area contributed by atoms with Crippen molar-refractivity contribution in [2.24, 2.45) is 17.3 Å². The minimum Gasteiger partial charge on any atom is -0.371 e. The van der Waals surface area contributed by atoms with Gasteiger partial charge in [-0.1, -0.05) is 25.6 Å². The van der Waals surface area contributed by atoms with Crippen LogP contribution in [-0.2, 0) is 9.53 Å². The zero-order valence-electron chi connectivity index (χ0n) is 20.3. The minimum atomic E-state index is -0.483. The van der Waals surface area contributed by atoms with Crippen LogP contribution in [0.3, 0.4) is 0 Å². The number of nitrogens with one attached hydrogen (secondary N) is 1. The van der Waals surface area contributed by atoms with Crippen molar-refractivity contribution in [1.29, 1.82) is 5.26 Å². The largest absolute Gasteiger partial charge is 0.371 e. The van der Waals surface area contributed by atoms with Gasteiger partial charge in [0.25, 0.3) is 5.91 Å². The lowest BCUT2D eigenvalue weighted by Crippen LogP contribution is -2.36. The molecule has 5 rings (SSSR count). The van der Waals surface area contributed by atoms with Crippen LogP contribution in [-0.4, -0.2) is 24.1 Å². The van der Waals surface area contributed by atoms with E-state index in [4.69, 9.17) is 10.00 Å². The van der Waals surface area contributed by atoms with E-state index in [0.717, 1.165) is 36.8 Å². The molecule has 35 heavy (non-hydrogen) atoms. The summed E-state index contributed by atoms with van der Waals surface area (Å²) in [5, 5.41) is 13.2. The van der Waals surface area contributed by atoms with Gasteiger partial charge in [0.05, 0.1) is 17.1 Å². The summed E-state index contributed by atoms with van der Waals surface area (Å²) < 4.78 is 5.74. The molecule has 1 heterocycles. The maximum absolute atomic E-state index is 13.1. The summed E-state index contributed by atoms with van der Waals surface area (Å²) in [4.78, 5) is 17.7. The molecule has 0 radical (unpaired) electrons. The molecule has 0 spiro atoms. The number of hydrogen-bond acceptors (Lipinski definition) is 4. The number of methoxy groups -OCH3 is 1. The first-order valence-electron chi connectivity index (χ1n) is 12.3. The van der Waals surface area contributed by atoms with Crippen molar-refractivity contribution in [2.45, 2.75) is 44.6 Å². The fourth-order valence-electron chi connectivity index (χ4n) is 6.61. The van der Waals surface area contributed by atoms with E-state index in [2.05, 4.69) is 54.1 Å². The SMILES string of the molecule is C=Cc1ccc2nccc(C3C[C@H]4C[C@@H](C(OC)C(=O)Nc5ccc(C#N)cc5)C[C@]4(C)C3)c2c1. The van der Waals surface area contributed by atoms with Crippen LogP contribution in [0, 0.1) is 28.6 Å². The molecule has 0 bridgehead atoms. The highest BCUT2D eigenvalue weighted by atomic mass is 16.5. The van der Waals surface area contributed by atoms with E-state index in [9.17, 15) is 4.79 Å². The number of anilines is 1. The van der Waals surface area contributed by atoms with E-state index in [1.807, 2.05) is 12.3 Å². The van der Waals surface area contributed by atoms with Crippen molar-refractivity contribution >= 4 is 28.6 Å². The topological polar surface area (TPSA) is 75.0 Å². The molecular formula is C30H31N3O2. The van der Waals surface area contributed by atoms with Gasteiger partial charge in [-0.15, -0.1) is 0 Å². The molecule has 2 fully saturated rings. The molecule has 3 aromatic rings. The Balaban J connectivity index is 1.30. The van der Waals surface area contributed by atoms with Gasteiger partial charge in [0.1, 0.15) is 6.10 Å². The minimum absolute atomic E-state index is 0.112. The summed E-state index contributed by atoms with van der Waals surface area (Å²) in [5.74, 6) is 1.13. The summed E-state index contributed by atoms with van der Waals surface area (Å²) in [6, 6.07) is 17.6. The summed E-state index contributed by atoms with van der Waals surface area (Å²) in [5.41, 5.74) is 4.98. The van der Waals surface area contributed by atoms with Crippen molar-refractivity contribution in [3.05, 3.63) is 78.0 Å². The smallest absolute Gasteiger partial charge is 0.253 e. The van der Waals surface area contributed by atoms with Gasteiger partial charge in [-0.2, -0.15) is 5.26 Å². The van der Waals surface area contributed by atoms with Gasteiger partial charge < -0.3 is 10.1 Å². The van der Waals surface area contributed by atoms with Crippen LogP contribution in [0.15, 0.2) is 61.3 Å². The fourth-order valence-corrected chi connectivity index (χ4v) is 6.61. The summed E-state index contributed by atoms with van der Waals surface area (Å²) in [6.45, 7) is 6.32. The second-order valence-electron chi connectivity index (χ2n) is 10.4. The molecule has 1 amide bonds. The number of nitriles is 1. The predicted molar refractivity (Wildman–Crippen MR) is 139 cm³/mol. The molecule has 5 heteroatoms. The first-order chi connectivity index (χ1) is 16.9. The molecule has 2 aliphatic carbocycles. The zero-order valence-corrected chi connectivity index (χ0v) is 20.3. The molecule has 2 aliphatic rings. The number of fused-ring (bicyclic) bond motifs is 2. The van der Waals surface area contributed by atoms with Gasteiger partial charge in [0.15, 0.2) is 0 Å². The van der Waals surface area contributed by atoms with Crippen LogP contribution < -0.4 is 5.32 Å². The van der Waals surface area contributed by atoms with Gasteiger partial charge in [0.2, 0.25) is 0 Å². The van der Waals surface area contributed by atoms with Crippen LogP contribution >= 0.6 is 0 Å². The summed E-state index contributed by atoms with van der Waals surface area (Å²) in [7, 11) is 1.63. The van der Waals surface area contributed by atoms with E-state index < -0.39 is 6.10 Å². The normalized spacial score (nSPS) is 26.1. The molecule has 1 aromatic heterocycles. The fraction of sp³-hybridized carbons (Fsp3) is 0.367. The molecule has 178 valence electrons. The number of pyridine rings is 1. The Kier molecular flexibility index (Phi) is 6.17. The lowest BCUT2D eigenvalue weighted by atomic mass is 9.81. The maximum atomic E-state index is 13.1. The number of benzene rings is 2. The molecule has 5 atom stereocenters. The Labute approximate surface area is 206 Å². The number of carbonyl (C=O) groups is 1. The maximum Gasteiger partial charge on any atom is 0.253 e. The van der Waals surface area contributed by atoms with Crippen molar-refractivity contribution in [2.75, 3.05) is 12.4 Å². The summed E-state index contributed by atoms with van der Waals surface area (Å²) >= 11 is 0. The van der Waals surface area contributed by atoms with E-state index in [1.54, 1.807) is 31.4 Å². The zero-order chi connectivity index (χ0) is 24.6. The number of rotatable bonds is 6. The van der Waals surface area contributed by atoms with Crippen molar-refractivity contribution in [3.63, 3.8) is 0 Å². The Morgan fingerprint density at radius 1 is 1.23 bits per heavy atom. The van der Waals surface area contributed by atoms with Gasteiger partial charge in [0, 0.05) is 24.4 Å². The lowest BCUT2D eigenvalue weighted by molar-refractivity contribution is -0.128. The van der Waals surface area contributed by atoms with E-state index in [1.165, 1.54) is 10.9 Å². The molecule has 0 aliphatic heterocycles. The molecule has 2 unspecified atom stereocenters. The third-order valence-corrected chi connectivity index (χ3v) is 8.28. The van der Waals surface area contributed by atoms with E-state index in [-0.39, 0.29) is 17.2 Å². The highest BCUT2D eigenvalue weighted by Crippen LogP contribution is 2.61. The molecule has 2 aromatic carbocycles. The monoisotopic (exact) mass is 465 g/mol. The number of ether oxygens (including phenoxy) is 1. The predicted octanol–water partition coefficient (Wildman–Crippen LogP) is 6.31. The number of amides is 1. The molecule has 5 nitrogen and oxygen atoms in total. The summed E-state index contributed by atoms with van der Waals surface area (Å²) in [6.07, 6.45) is 7.54. The average Bonchev–Trinajstić information content (AvgIpc) is 3.35. The lowest BCUT2D eigenvalue weighted by Gasteiger charge is -2.26. The Morgan fingerprint density at radius 2 is 2.03 bits per heavy atom. The Morgan fingerprint density at radius 3 is 2.71 bits per heavy atom. The molecular weight excluding hydrogens is 434 g/mol. The highest BCUT2D eigenvalue weighted by Gasteiger charge is 2.53. The second kappa shape index (κ2) is 9.28.